The molecule has 0 spiro atoms. The van der Waals surface area contributed by atoms with Crippen molar-refractivity contribution in [1.29, 1.82) is 0 Å². The number of hydrogen-bond donors (Lipinski definition) is 0. The van der Waals surface area contributed by atoms with Crippen molar-refractivity contribution in [2.24, 2.45) is 0 Å². The zero-order chi connectivity index (χ0) is 21.0. The van der Waals surface area contributed by atoms with E-state index in [0.717, 1.165) is 11.0 Å². The van der Waals surface area contributed by atoms with Crippen molar-refractivity contribution in [3.8, 4) is 5.75 Å². The average molecular weight is 415 g/mol. The van der Waals surface area contributed by atoms with Crippen molar-refractivity contribution in [2.75, 3.05) is 24.4 Å². The monoisotopic (exact) mass is 415 g/mol. The molecule has 0 aromatic heterocycles. The van der Waals surface area contributed by atoms with Crippen LogP contribution in [0.2, 0.25) is 0 Å². The minimum absolute atomic E-state index is 0.215. The van der Waals surface area contributed by atoms with Gasteiger partial charge in [0.15, 0.2) is 16.4 Å². The molecule has 1 atom stereocenters. The van der Waals surface area contributed by atoms with Crippen LogP contribution in [0.4, 0.5) is 5.69 Å². The summed E-state index contributed by atoms with van der Waals surface area (Å²) in [6.45, 7) is 1.29. The van der Waals surface area contributed by atoms with Gasteiger partial charge in [-0.3, -0.25) is 4.79 Å². The molecule has 8 heteroatoms. The number of methoxy groups -OCH3 is 1. The Morgan fingerprint density at radius 2 is 1.86 bits per heavy atom. The Kier molecular flexibility index (Phi) is 6.03. The highest BCUT2D eigenvalue weighted by Gasteiger charge is 2.32. The maximum absolute atomic E-state index is 12.9. The number of aryl methyl sites for hydroxylation is 1. The number of sulfone groups is 1. The van der Waals surface area contributed by atoms with Gasteiger partial charge >= 0.3 is 5.97 Å². The summed E-state index contributed by atoms with van der Waals surface area (Å²) in [6, 6.07) is 13.1. The Balaban J connectivity index is 1.78. The first kappa shape index (κ1) is 20.6. The lowest BCUT2D eigenvalue weighted by molar-refractivity contribution is -0.121. The molecular formula is C21H21NO6S. The second-order valence-corrected chi connectivity index (χ2v) is 8.54. The number of carbonyl (C=O) groups is 2. The third kappa shape index (κ3) is 4.83. The first-order valence-corrected chi connectivity index (χ1v) is 10.6. The number of benzene rings is 2. The Labute approximate surface area is 169 Å². The van der Waals surface area contributed by atoms with Gasteiger partial charge in [0.25, 0.3) is 5.91 Å². The standard InChI is InChI=1S/C21H21NO6S/c1-15-8-9-19(27-2)18(12-15)21(24)28-13-20(23)22(16-6-4-3-5-7-16)17-10-11-29(25,26)14-17/h3-12,17H,13-14H2,1-2H3/t17-/m1/s1. The van der Waals surface area contributed by atoms with Crippen LogP contribution in [0.5, 0.6) is 5.75 Å². The summed E-state index contributed by atoms with van der Waals surface area (Å²) in [4.78, 5) is 26.7. The van der Waals surface area contributed by atoms with E-state index in [1.807, 2.05) is 6.92 Å². The summed E-state index contributed by atoms with van der Waals surface area (Å²) in [7, 11) is -1.93. The zero-order valence-corrected chi connectivity index (χ0v) is 16.9. The molecule has 0 aliphatic carbocycles. The van der Waals surface area contributed by atoms with Crippen molar-refractivity contribution in [1.82, 2.24) is 0 Å². The fourth-order valence-electron chi connectivity index (χ4n) is 3.09. The predicted octanol–water partition coefficient (Wildman–Crippen LogP) is 2.50. The van der Waals surface area contributed by atoms with Gasteiger partial charge in [0.05, 0.1) is 18.9 Å². The van der Waals surface area contributed by atoms with Gasteiger partial charge in [0.1, 0.15) is 11.3 Å². The summed E-state index contributed by atoms with van der Waals surface area (Å²) < 4.78 is 34.1. The maximum Gasteiger partial charge on any atom is 0.342 e. The normalized spacial score (nSPS) is 17.0. The van der Waals surface area contributed by atoms with Crippen LogP contribution in [-0.4, -0.2) is 45.8 Å². The van der Waals surface area contributed by atoms with E-state index in [1.54, 1.807) is 48.5 Å². The van der Waals surface area contributed by atoms with Gasteiger partial charge in [-0.25, -0.2) is 13.2 Å². The van der Waals surface area contributed by atoms with Gasteiger partial charge in [0, 0.05) is 11.1 Å². The third-order valence-electron chi connectivity index (χ3n) is 4.45. The van der Waals surface area contributed by atoms with Gasteiger partial charge in [-0.2, -0.15) is 0 Å². The second kappa shape index (κ2) is 8.48. The predicted molar refractivity (Wildman–Crippen MR) is 109 cm³/mol. The fourth-order valence-corrected chi connectivity index (χ4v) is 4.35. The van der Waals surface area contributed by atoms with Crippen LogP contribution >= 0.6 is 0 Å². The minimum Gasteiger partial charge on any atom is -0.496 e. The minimum atomic E-state index is -3.37. The molecule has 3 rings (SSSR count). The van der Waals surface area contributed by atoms with Gasteiger partial charge in [-0.05, 0) is 37.3 Å². The van der Waals surface area contributed by atoms with Gasteiger partial charge in [-0.15, -0.1) is 0 Å². The number of nitrogens with zero attached hydrogens (tertiary/aromatic N) is 1. The van der Waals surface area contributed by atoms with Crippen LogP contribution in [0.1, 0.15) is 15.9 Å². The van der Waals surface area contributed by atoms with E-state index in [9.17, 15) is 18.0 Å². The summed E-state index contributed by atoms with van der Waals surface area (Å²) in [6.07, 6.45) is 1.46. The summed E-state index contributed by atoms with van der Waals surface area (Å²) in [5.74, 6) is -1.09. The smallest absolute Gasteiger partial charge is 0.342 e. The number of anilines is 1. The molecule has 0 radical (unpaired) electrons. The number of para-hydroxylation sites is 1. The van der Waals surface area contributed by atoms with E-state index < -0.39 is 34.4 Å². The highest BCUT2D eigenvalue weighted by atomic mass is 32.2. The SMILES string of the molecule is COc1ccc(C)cc1C(=O)OCC(=O)N(c1ccccc1)[C@@H]1C=CS(=O)(=O)C1. The van der Waals surface area contributed by atoms with Crippen LogP contribution in [-0.2, 0) is 19.4 Å². The van der Waals surface area contributed by atoms with Crippen molar-refractivity contribution in [3.05, 3.63) is 71.1 Å². The molecule has 2 aromatic carbocycles. The molecule has 0 saturated carbocycles. The molecule has 1 aliphatic heterocycles. The van der Waals surface area contributed by atoms with Crippen LogP contribution in [0.25, 0.3) is 0 Å². The molecule has 2 aromatic rings. The molecule has 0 fully saturated rings. The van der Waals surface area contributed by atoms with E-state index in [1.165, 1.54) is 18.1 Å². The average Bonchev–Trinajstić information content (AvgIpc) is 3.06. The number of ether oxygens (including phenoxy) is 2. The Hall–Kier alpha value is -3.13. The molecule has 0 bridgehead atoms. The topological polar surface area (TPSA) is 90.0 Å². The lowest BCUT2D eigenvalue weighted by atomic mass is 10.1. The second-order valence-electron chi connectivity index (χ2n) is 6.60. The Bertz CT molecular complexity index is 1050. The van der Waals surface area contributed by atoms with Crippen molar-refractivity contribution >= 4 is 27.4 Å². The first-order chi connectivity index (χ1) is 13.8. The first-order valence-electron chi connectivity index (χ1n) is 8.90. The molecule has 152 valence electrons. The molecule has 29 heavy (non-hydrogen) atoms. The number of hydrogen-bond acceptors (Lipinski definition) is 6. The van der Waals surface area contributed by atoms with E-state index in [2.05, 4.69) is 0 Å². The van der Waals surface area contributed by atoms with Gasteiger partial charge in [0.2, 0.25) is 0 Å². The lowest BCUT2D eigenvalue weighted by Crippen LogP contribution is -2.43. The van der Waals surface area contributed by atoms with Crippen LogP contribution < -0.4 is 9.64 Å². The largest absolute Gasteiger partial charge is 0.496 e. The third-order valence-corrected chi connectivity index (χ3v) is 5.83. The highest BCUT2D eigenvalue weighted by Crippen LogP contribution is 2.24. The van der Waals surface area contributed by atoms with Crippen LogP contribution in [0.15, 0.2) is 60.0 Å². The fraction of sp³-hybridized carbons (Fsp3) is 0.238. The van der Waals surface area contributed by atoms with Crippen LogP contribution in [0, 0.1) is 6.92 Å². The molecule has 1 aliphatic rings. The quantitative estimate of drug-likeness (QED) is 0.674. The molecule has 7 nitrogen and oxygen atoms in total. The van der Waals surface area contributed by atoms with Crippen molar-refractivity contribution in [3.63, 3.8) is 0 Å². The maximum atomic E-state index is 12.9. The van der Waals surface area contributed by atoms with Crippen molar-refractivity contribution < 1.29 is 27.5 Å². The highest BCUT2D eigenvalue weighted by molar-refractivity contribution is 7.94. The molecule has 0 saturated heterocycles. The molecule has 1 amide bonds. The Morgan fingerprint density at radius 3 is 2.48 bits per heavy atom. The molecule has 0 N–H and O–H groups in total. The number of esters is 1. The summed E-state index contributed by atoms with van der Waals surface area (Å²) in [5.41, 5.74) is 1.58. The van der Waals surface area contributed by atoms with E-state index in [0.29, 0.717) is 11.4 Å². The Morgan fingerprint density at radius 1 is 1.14 bits per heavy atom. The molecule has 1 heterocycles. The zero-order valence-electron chi connectivity index (χ0n) is 16.1. The summed E-state index contributed by atoms with van der Waals surface area (Å²) in [5, 5.41) is 1.10. The number of carbonyl (C=O) groups excluding carboxylic acids is 2. The lowest BCUT2D eigenvalue weighted by Gasteiger charge is -2.27. The van der Waals surface area contributed by atoms with Crippen molar-refractivity contribution in [2.45, 2.75) is 13.0 Å². The summed E-state index contributed by atoms with van der Waals surface area (Å²) >= 11 is 0. The van der Waals surface area contributed by atoms with E-state index in [-0.39, 0.29) is 11.3 Å². The number of rotatable bonds is 6. The van der Waals surface area contributed by atoms with Gasteiger partial charge < -0.3 is 14.4 Å². The molecule has 0 unspecified atom stereocenters. The van der Waals surface area contributed by atoms with Crippen LogP contribution in [0.3, 0.4) is 0 Å². The van der Waals surface area contributed by atoms with E-state index in [4.69, 9.17) is 9.47 Å². The van der Waals surface area contributed by atoms with E-state index >= 15 is 0 Å². The molecular weight excluding hydrogens is 394 g/mol. The number of amides is 1. The van der Waals surface area contributed by atoms with Gasteiger partial charge in [-0.1, -0.05) is 29.8 Å².